The lowest BCUT2D eigenvalue weighted by atomic mass is 10.0. The molecule has 3 heterocycles. The number of carbonyl (C=O) groups is 2. The van der Waals surface area contributed by atoms with Gasteiger partial charge in [0.2, 0.25) is 0 Å². The van der Waals surface area contributed by atoms with Crippen LogP contribution in [0.5, 0.6) is 0 Å². The van der Waals surface area contributed by atoms with Crippen LogP contribution in [0.4, 0.5) is 0 Å². The number of hydrogen-bond donors (Lipinski definition) is 1. The van der Waals surface area contributed by atoms with Gasteiger partial charge in [0.05, 0.1) is 19.8 Å². The van der Waals surface area contributed by atoms with E-state index in [1.807, 2.05) is 0 Å². The van der Waals surface area contributed by atoms with Gasteiger partial charge in [-0.3, -0.25) is 4.79 Å². The Morgan fingerprint density at radius 2 is 1.85 bits per heavy atom. The van der Waals surface area contributed by atoms with E-state index in [0.717, 1.165) is 12.8 Å². The van der Waals surface area contributed by atoms with Crippen LogP contribution in [0.1, 0.15) is 25.7 Å². The van der Waals surface area contributed by atoms with Crippen molar-refractivity contribution in [1.82, 2.24) is 4.90 Å². The fourth-order valence-corrected chi connectivity index (χ4v) is 3.11. The molecule has 1 spiro atoms. The topological polar surface area (TPSA) is 85.3 Å². The van der Waals surface area contributed by atoms with Crippen molar-refractivity contribution in [2.75, 3.05) is 26.3 Å². The van der Waals surface area contributed by atoms with Crippen molar-refractivity contribution >= 4 is 11.9 Å². The second kappa shape index (κ2) is 5.31. The maximum atomic E-state index is 12.4. The summed E-state index contributed by atoms with van der Waals surface area (Å²) in [5, 5.41) is 8.90. The molecule has 7 nitrogen and oxygen atoms in total. The third-order valence-electron chi connectivity index (χ3n) is 4.11. The Balaban J connectivity index is 1.61. The van der Waals surface area contributed by atoms with E-state index in [4.69, 9.17) is 19.3 Å². The number of ether oxygens (including phenoxy) is 3. The van der Waals surface area contributed by atoms with Gasteiger partial charge in [0.15, 0.2) is 11.9 Å². The zero-order valence-corrected chi connectivity index (χ0v) is 11.2. The first-order valence-electron chi connectivity index (χ1n) is 7.05. The first-order valence-corrected chi connectivity index (χ1v) is 7.05. The number of carboxylic acids is 1. The molecule has 3 aliphatic heterocycles. The maximum absolute atomic E-state index is 12.4. The predicted octanol–water partition coefficient (Wildman–Crippen LogP) is -0.0159. The number of piperidine rings is 1. The molecular formula is C13H19NO6. The molecule has 0 radical (unpaired) electrons. The zero-order valence-electron chi connectivity index (χ0n) is 11.2. The van der Waals surface area contributed by atoms with Gasteiger partial charge in [-0.2, -0.15) is 0 Å². The average molecular weight is 285 g/mol. The normalized spacial score (nSPS) is 32.7. The van der Waals surface area contributed by atoms with E-state index in [-0.39, 0.29) is 5.91 Å². The molecule has 0 aromatic carbocycles. The molecule has 3 saturated heterocycles. The SMILES string of the molecule is O=C(O)[C@H]1CC[C@@H](C(=O)N2CCCC3(C2)OCCO3)O1. The van der Waals surface area contributed by atoms with Gasteiger partial charge in [-0.15, -0.1) is 0 Å². The Morgan fingerprint density at radius 3 is 2.50 bits per heavy atom. The Morgan fingerprint density at radius 1 is 1.15 bits per heavy atom. The molecule has 0 unspecified atom stereocenters. The van der Waals surface area contributed by atoms with Crippen molar-refractivity contribution < 1.29 is 28.9 Å². The Labute approximate surface area is 116 Å². The van der Waals surface area contributed by atoms with Crippen LogP contribution in [0.3, 0.4) is 0 Å². The molecular weight excluding hydrogens is 266 g/mol. The van der Waals surface area contributed by atoms with Crippen LogP contribution in [0.15, 0.2) is 0 Å². The zero-order chi connectivity index (χ0) is 14.2. The number of carbonyl (C=O) groups excluding carboxylic acids is 1. The minimum atomic E-state index is -1.00. The molecule has 0 aromatic heterocycles. The van der Waals surface area contributed by atoms with Gasteiger partial charge in [-0.25, -0.2) is 4.79 Å². The summed E-state index contributed by atoms with van der Waals surface area (Å²) in [6, 6.07) is 0. The maximum Gasteiger partial charge on any atom is 0.332 e. The number of carboxylic acid groups (broad SMARTS) is 1. The molecule has 3 fully saturated rings. The van der Waals surface area contributed by atoms with Crippen molar-refractivity contribution in [3.63, 3.8) is 0 Å². The summed E-state index contributed by atoms with van der Waals surface area (Å²) < 4.78 is 16.6. The van der Waals surface area contributed by atoms with Crippen LogP contribution in [0.25, 0.3) is 0 Å². The summed E-state index contributed by atoms with van der Waals surface area (Å²) in [6.07, 6.45) is 0.953. The summed E-state index contributed by atoms with van der Waals surface area (Å²) in [6.45, 7) is 2.17. The van der Waals surface area contributed by atoms with E-state index in [0.29, 0.717) is 39.1 Å². The minimum absolute atomic E-state index is 0.146. The average Bonchev–Trinajstić information content (AvgIpc) is 3.08. The fraction of sp³-hybridized carbons (Fsp3) is 0.846. The smallest absolute Gasteiger partial charge is 0.332 e. The number of nitrogens with zero attached hydrogens (tertiary/aromatic N) is 1. The van der Waals surface area contributed by atoms with Crippen molar-refractivity contribution in [1.29, 1.82) is 0 Å². The Kier molecular flexibility index (Phi) is 3.66. The molecule has 20 heavy (non-hydrogen) atoms. The van der Waals surface area contributed by atoms with E-state index in [2.05, 4.69) is 0 Å². The Hall–Kier alpha value is -1.18. The summed E-state index contributed by atoms with van der Waals surface area (Å²) in [5.41, 5.74) is 0. The molecule has 0 aromatic rings. The van der Waals surface area contributed by atoms with Crippen LogP contribution in [-0.2, 0) is 23.8 Å². The first-order chi connectivity index (χ1) is 9.60. The third-order valence-corrected chi connectivity index (χ3v) is 4.11. The highest BCUT2D eigenvalue weighted by atomic mass is 16.7. The fourth-order valence-electron chi connectivity index (χ4n) is 3.11. The lowest BCUT2D eigenvalue weighted by molar-refractivity contribution is -0.196. The lowest BCUT2D eigenvalue weighted by Crippen LogP contribution is -2.53. The Bertz CT molecular complexity index is 406. The van der Waals surface area contributed by atoms with Gasteiger partial charge in [-0.1, -0.05) is 0 Å². The quantitative estimate of drug-likeness (QED) is 0.767. The molecule has 1 amide bonds. The largest absolute Gasteiger partial charge is 0.479 e. The highest BCUT2D eigenvalue weighted by Crippen LogP contribution is 2.31. The van der Waals surface area contributed by atoms with Crippen molar-refractivity contribution in [3.05, 3.63) is 0 Å². The monoisotopic (exact) mass is 285 g/mol. The van der Waals surface area contributed by atoms with Crippen molar-refractivity contribution in [2.45, 2.75) is 43.7 Å². The highest BCUT2D eigenvalue weighted by Gasteiger charge is 2.44. The minimum Gasteiger partial charge on any atom is -0.479 e. The van der Waals surface area contributed by atoms with Crippen molar-refractivity contribution in [2.24, 2.45) is 0 Å². The molecule has 3 aliphatic rings. The van der Waals surface area contributed by atoms with Gasteiger partial charge in [0.1, 0.15) is 6.10 Å². The molecule has 2 atom stereocenters. The van der Waals surface area contributed by atoms with Crippen LogP contribution >= 0.6 is 0 Å². The number of rotatable bonds is 2. The molecule has 7 heteroatoms. The molecule has 1 N–H and O–H groups in total. The molecule has 0 aliphatic carbocycles. The summed E-state index contributed by atoms with van der Waals surface area (Å²) in [5.74, 6) is -1.80. The number of aliphatic carboxylic acids is 1. The van der Waals surface area contributed by atoms with Gasteiger partial charge >= 0.3 is 5.97 Å². The van der Waals surface area contributed by atoms with Crippen molar-refractivity contribution in [3.8, 4) is 0 Å². The third kappa shape index (κ3) is 2.53. The second-order valence-corrected chi connectivity index (χ2v) is 5.50. The van der Waals surface area contributed by atoms with Crippen LogP contribution in [0.2, 0.25) is 0 Å². The first kappa shape index (κ1) is 13.8. The lowest BCUT2D eigenvalue weighted by Gasteiger charge is -2.39. The molecule has 0 bridgehead atoms. The molecule has 3 rings (SSSR count). The molecule has 0 saturated carbocycles. The summed E-state index contributed by atoms with van der Waals surface area (Å²) >= 11 is 0. The highest BCUT2D eigenvalue weighted by molar-refractivity contribution is 5.82. The summed E-state index contributed by atoms with van der Waals surface area (Å²) in [4.78, 5) is 24.9. The van der Waals surface area contributed by atoms with Crippen LogP contribution < -0.4 is 0 Å². The van der Waals surface area contributed by atoms with Crippen LogP contribution in [-0.4, -0.2) is 66.2 Å². The van der Waals surface area contributed by atoms with E-state index in [1.165, 1.54) is 0 Å². The summed E-state index contributed by atoms with van der Waals surface area (Å²) in [7, 11) is 0. The van der Waals surface area contributed by atoms with E-state index < -0.39 is 24.0 Å². The molecule has 112 valence electrons. The van der Waals surface area contributed by atoms with Gasteiger partial charge in [0.25, 0.3) is 5.91 Å². The number of amides is 1. The van der Waals surface area contributed by atoms with Gasteiger partial charge in [-0.05, 0) is 19.3 Å². The number of hydrogen-bond acceptors (Lipinski definition) is 5. The van der Waals surface area contributed by atoms with E-state index >= 15 is 0 Å². The second-order valence-electron chi connectivity index (χ2n) is 5.50. The standard InChI is InChI=1S/C13H19NO6/c15-11(9-2-3-10(20-9)12(16)17)14-5-1-4-13(8-14)18-6-7-19-13/h9-10H,1-8H2,(H,16,17)/t9-,10+/m0/s1. The van der Waals surface area contributed by atoms with Crippen LogP contribution in [0, 0.1) is 0 Å². The van der Waals surface area contributed by atoms with Gasteiger partial charge in [0, 0.05) is 13.0 Å². The van der Waals surface area contributed by atoms with E-state index in [9.17, 15) is 9.59 Å². The predicted molar refractivity (Wildman–Crippen MR) is 66.0 cm³/mol. The van der Waals surface area contributed by atoms with Gasteiger partial charge < -0.3 is 24.2 Å². The van der Waals surface area contributed by atoms with E-state index in [1.54, 1.807) is 4.90 Å². The number of likely N-dealkylation sites (tertiary alicyclic amines) is 1.